The maximum atomic E-state index is 12.4. The zero-order valence-corrected chi connectivity index (χ0v) is 11.4. The third kappa shape index (κ3) is 1.97. The number of aryl methyl sites for hydroxylation is 1. The quantitative estimate of drug-likeness (QED) is 0.828. The molecule has 2 atom stereocenters. The molecule has 0 bridgehead atoms. The standard InChI is InChI=1S/C16H19NO2/c1-10-5-3-4-6-12(10)14-15(19)17-13(18)9-16(14,2)11-7-8-11/h3-6,11,14H,7-9H2,1-2H3,(H,17,18,19). The fraction of sp³-hybridized carbons (Fsp3) is 0.500. The highest BCUT2D eigenvalue weighted by Gasteiger charge is 2.54. The van der Waals surface area contributed by atoms with Crippen LogP contribution in [0, 0.1) is 18.3 Å². The third-order valence-corrected chi connectivity index (χ3v) is 4.74. The van der Waals surface area contributed by atoms with Crippen molar-refractivity contribution in [1.82, 2.24) is 5.32 Å². The normalized spacial score (nSPS) is 31.2. The first-order chi connectivity index (χ1) is 9.02. The Hall–Kier alpha value is -1.64. The molecule has 100 valence electrons. The zero-order chi connectivity index (χ0) is 13.6. The van der Waals surface area contributed by atoms with E-state index in [9.17, 15) is 9.59 Å². The van der Waals surface area contributed by atoms with Crippen molar-refractivity contribution < 1.29 is 9.59 Å². The number of carbonyl (C=O) groups is 2. The average Bonchev–Trinajstić information content (AvgIpc) is 3.14. The van der Waals surface area contributed by atoms with Crippen molar-refractivity contribution in [2.75, 3.05) is 0 Å². The maximum Gasteiger partial charge on any atom is 0.234 e. The molecule has 0 aromatic heterocycles. The van der Waals surface area contributed by atoms with Crippen LogP contribution in [0.25, 0.3) is 0 Å². The van der Waals surface area contributed by atoms with Crippen LogP contribution in [0.5, 0.6) is 0 Å². The van der Waals surface area contributed by atoms with E-state index in [0.717, 1.165) is 24.0 Å². The van der Waals surface area contributed by atoms with Crippen LogP contribution in [0.15, 0.2) is 24.3 Å². The minimum Gasteiger partial charge on any atom is -0.296 e. The molecule has 1 aromatic carbocycles. The van der Waals surface area contributed by atoms with Gasteiger partial charge in [0.05, 0.1) is 5.92 Å². The fourth-order valence-electron chi connectivity index (χ4n) is 3.53. The van der Waals surface area contributed by atoms with Crippen LogP contribution in [-0.4, -0.2) is 11.8 Å². The summed E-state index contributed by atoms with van der Waals surface area (Å²) in [4.78, 5) is 24.1. The van der Waals surface area contributed by atoms with E-state index in [1.807, 2.05) is 31.2 Å². The lowest BCUT2D eigenvalue weighted by Crippen LogP contribution is -2.50. The number of hydrogen-bond donors (Lipinski definition) is 1. The number of imide groups is 1. The van der Waals surface area contributed by atoms with Crippen LogP contribution >= 0.6 is 0 Å². The SMILES string of the molecule is Cc1ccccc1C1C(=O)NC(=O)CC1(C)C1CC1. The fourth-order valence-corrected chi connectivity index (χ4v) is 3.53. The Kier molecular flexibility index (Phi) is 2.73. The molecule has 1 aromatic rings. The number of rotatable bonds is 2. The average molecular weight is 257 g/mol. The van der Waals surface area contributed by atoms with Crippen molar-refractivity contribution in [1.29, 1.82) is 0 Å². The van der Waals surface area contributed by atoms with Crippen molar-refractivity contribution in [3.63, 3.8) is 0 Å². The topological polar surface area (TPSA) is 46.2 Å². The summed E-state index contributed by atoms with van der Waals surface area (Å²) < 4.78 is 0. The molecule has 1 saturated heterocycles. The van der Waals surface area contributed by atoms with Gasteiger partial charge < -0.3 is 0 Å². The molecule has 0 radical (unpaired) electrons. The molecule has 19 heavy (non-hydrogen) atoms. The maximum absolute atomic E-state index is 12.4. The van der Waals surface area contributed by atoms with E-state index in [0.29, 0.717) is 12.3 Å². The molecule has 3 heteroatoms. The van der Waals surface area contributed by atoms with Gasteiger partial charge >= 0.3 is 0 Å². The summed E-state index contributed by atoms with van der Waals surface area (Å²) >= 11 is 0. The van der Waals surface area contributed by atoms with Crippen LogP contribution in [0.1, 0.15) is 43.2 Å². The molecule has 2 aliphatic rings. The lowest BCUT2D eigenvalue weighted by molar-refractivity contribution is -0.140. The van der Waals surface area contributed by atoms with Gasteiger partial charge in [0.2, 0.25) is 11.8 Å². The van der Waals surface area contributed by atoms with Gasteiger partial charge in [-0.15, -0.1) is 0 Å². The van der Waals surface area contributed by atoms with Gasteiger partial charge in [-0.2, -0.15) is 0 Å². The smallest absolute Gasteiger partial charge is 0.234 e. The van der Waals surface area contributed by atoms with E-state index < -0.39 is 0 Å². The molecule has 0 spiro atoms. The first-order valence-corrected chi connectivity index (χ1v) is 6.91. The van der Waals surface area contributed by atoms with Crippen molar-refractivity contribution in [2.24, 2.45) is 11.3 Å². The number of nitrogens with one attached hydrogen (secondary N) is 1. The monoisotopic (exact) mass is 257 g/mol. The summed E-state index contributed by atoms with van der Waals surface area (Å²) in [5.41, 5.74) is 1.98. The number of benzene rings is 1. The largest absolute Gasteiger partial charge is 0.296 e. The molecule has 1 saturated carbocycles. The first-order valence-electron chi connectivity index (χ1n) is 6.91. The molecule has 1 aliphatic heterocycles. The summed E-state index contributed by atoms with van der Waals surface area (Å²) in [6, 6.07) is 8.01. The lowest BCUT2D eigenvalue weighted by atomic mass is 9.65. The molecule has 1 heterocycles. The van der Waals surface area contributed by atoms with Crippen molar-refractivity contribution in [3.8, 4) is 0 Å². The minimum atomic E-state index is -0.217. The van der Waals surface area contributed by atoms with Gasteiger partial charge in [-0.3, -0.25) is 14.9 Å². The summed E-state index contributed by atoms with van der Waals surface area (Å²) in [5, 5.41) is 2.52. The minimum absolute atomic E-state index is 0.121. The Labute approximate surface area is 113 Å². The van der Waals surface area contributed by atoms with Gasteiger partial charge in [-0.05, 0) is 42.2 Å². The van der Waals surface area contributed by atoms with E-state index in [1.165, 1.54) is 0 Å². The van der Waals surface area contributed by atoms with E-state index in [1.54, 1.807) is 0 Å². The molecule has 3 rings (SSSR count). The van der Waals surface area contributed by atoms with Gasteiger partial charge in [-0.1, -0.05) is 31.2 Å². The molecule has 2 amide bonds. The molecule has 1 aliphatic carbocycles. The second-order valence-electron chi connectivity index (χ2n) is 6.16. The van der Waals surface area contributed by atoms with Crippen molar-refractivity contribution in [2.45, 2.75) is 39.0 Å². The Balaban J connectivity index is 2.07. The number of hydrogen-bond acceptors (Lipinski definition) is 2. The third-order valence-electron chi connectivity index (χ3n) is 4.74. The van der Waals surface area contributed by atoms with E-state index in [-0.39, 0.29) is 23.1 Å². The Morgan fingerprint density at radius 3 is 2.53 bits per heavy atom. The van der Waals surface area contributed by atoms with Crippen LogP contribution in [0.4, 0.5) is 0 Å². The second kappa shape index (κ2) is 4.19. The van der Waals surface area contributed by atoms with Crippen LogP contribution in [0.3, 0.4) is 0 Å². The molecule has 3 nitrogen and oxygen atoms in total. The Morgan fingerprint density at radius 1 is 1.21 bits per heavy atom. The van der Waals surface area contributed by atoms with E-state index in [4.69, 9.17) is 0 Å². The van der Waals surface area contributed by atoms with Crippen LogP contribution < -0.4 is 5.32 Å². The van der Waals surface area contributed by atoms with Crippen molar-refractivity contribution >= 4 is 11.8 Å². The second-order valence-corrected chi connectivity index (χ2v) is 6.16. The van der Waals surface area contributed by atoms with E-state index in [2.05, 4.69) is 12.2 Å². The first kappa shape index (κ1) is 12.4. The predicted octanol–water partition coefficient (Wildman–Crippen LogP) is 2.54. The molecule has 2 fully saturated rings. The van der Waals surface area contributed by atoms with Crippen LogP contribution in [0.2, 0.25) is 0 Å². The van der Waals surface area contributed by atoms with E-state index >= 15 is 0 Å². The highest BCUT2D eigenvalue weighted by Crippen LogP contribution is 2.56. The molecular formula is C16H19NO2. The van der Waals surface area contributed by atoms with Gasteiger partial charge in [0.1, 0.15) is 0 Å². The van der Waals surface area contributed by atoms with Gasteiger partial charge in [0.15, 0.2) is 0 Å². The summed E-state index contributed by atoms with van der Waals surface area (Å²) in [6.45, 7) is 4.14. The number of piperidine rings is 1. The summed E-state index contributed by atoms with van der Waals surface area (Å²) in [7, 11) is 0. The zero-order valence-electron chi connectivity index (χ0n) is 11.4. The van der Waals surface area contributed by atoms with Gasteiger partial charge in [0.25, 0.3) is 0 Å². The van der Waals surface area contributed by atoms with Crippen LogP contribution in [-0.2, 0) is 9.59 Å². The number of carbonyl (C=O) groups excluding carboxylic acids is 2. The van der Waals surface area contributed by atoms with Crippen molar-refractivity contribution in [3.05, 3.63) is 35.4 Å². The predicted molar refractivity (Wildman–Crippen MR) is 72.5 cm³/mol. The highest BCUT2D eigenvalue weighted by molar-refractivity contribution is 6.02. The molecular weight excluding hydrogens is 238 g/mol. The highest BCUT2D eigenvalue weighted by atomic mass is 16.2. The van der Waals surface area contributed by atoms with Gasteiger partial charge in [0, 0.05) is 6.42 Å². The lowest BCUT2D eigenvalue weighted by Gasteiger charge is -2.41. The summed E-state index contributed by atoms with van der Waals surface area (Å²) in [6.07, 6.45) is 2.74. The number of amides is 2. The Morgan fingerprint density at radius 2 is 1.89 bits per heavy atom. The Bertz CT molecular complexity index is 547. The van der Waals surface area contributed by atoms with Gasteiger partial charge in [-0.25, -0.2) is 0 Å². The molecule has 2 unspecified atom stereocenters. The summed E-state index contributed by atoms with van der Waals surface area (Å²) in [5.74, 6) is 0.0650. The molecule has 1 N–H and O–H groups in total.